The molecule has 1 amide bonds. The summed E-state index contributed by atoms with van der Waals surface area (Å²) < 4.78 is 5.17. The van der Waals surface area contributed by atoms with Crippen molar-refractivity contribution in [3.05, 3.63) is 84.4 Å². The van der Waals surface area contributed by atoms with Crippen molar-refractivity contribution in [1.82, 2.24) is 14.9 Å². The van der Waals surface area contributed by atoms with E-state index in [1.54, 1.807) is 31.9 Å². The number of hydrogen-bond donors (Lipinski definition) is 0. The first-order valence-electron chi connectivity index (χ1n) is 8.57. The van der Waals surface area contributed by atoms with Gasteiger partial charge < -0.3 is 9.64 Å². The predicted octanol–water partition coefficient (Wildman–Crippen LogP) is 3.81. The summed E-state index contributed by atoms with van der Waals surface area (Å²) >= 11 is 1.52. The highest BCUT2D eigenvalue weighted by Gasteiger charge is 2.15. The van der Waals surface area contributed by atoms with E-state index < -0.39 is 0 Å². The molecular formula is C21H21N3O2S. The second-order valence-electron chi connectivity index (χ2n) is 5.93. The van der Waals surface area contributed by atoms with Crippen molar-refractivity contribution in [1.29, 1.82) is 0 Å². The van der Waals surface area contributed by atoms with Gasteiger partial charge in [0.1, 0.15) is 5.75 Å². The van der Waals surface area contributed by atoms with E-state index in [-0.39, 0.29) is 5.91 Å². The van der Waals surface area contributed by atoms with Gasteiger partial charge in [-0.25, -0.2) is 0 Å². The molecule has 0 saturated heterocycles. The Morgan fingerprint density at radius 2 is 1.70 bits per heavy atom. The van der Waals surface area contributed by atoms with Crippen molar-refractivity contribution in [2.45, 2.75) is 18.0 Å². The number of hydrogen-bond acceptors (Lipinski definition) is 5. The van der Waals surface area contributed by atoms with Crippen molar-refractivity contribution in [3.63, 3.8) is 0 Å². The van der Waals surface area contributed by atoms with Crippen LogP contribution in [0.1, 0.15) is 11.1 Å². The normalized spacial score (nSPS) is 10.4. The highest BCUT2D eigenvalue weighted by Crippen LogP contribution is 2.22. The van der Waals surface area contributed by atoms with E-state index in [9.17, 15) is 4.79 Å². The topological polar surface area (TPSA) is 55.3 Å². The molecule has 0 radical (unpaired) electrons. The van der Waals surface area contributed by atoms with Crippen LogP contribution in [-0.4, -0.2) is 33.6 Å². The highest BCUT2D eigenvalue weighted by atomic mass is 32.2. The average molecular weight is 379 g/mol. The standard InChI is InChI=1S/C21H21N3O2S/c1-26-19-4-6-20(7-5-19)27-16-21(25)24(14-17-8-11-22-12-9-17)15-18-3-2-10-23-13-18/h2-13H,14-16H2,1H3. The van der Waals surface area contributed by atoms with Crippen LogP contribution in [0.25, 0.3) is 0 Å². The Morgan fingerprint density at radius 1 is 0.963 bits per heavy atom. The molecule has 3 rings (SSSR count). The SMILES string of the molecule is COc1ccc(SCC(=O)N(Cc2ccncc2)Cc2cccnc2)cc1. The van der Waals surface area contributed by atoms with Crippen molar-refractivity contribution in [2.75, 3.05) is 12.9 Å². The van der Waals surface area contributed by atoms with E-state index in [2.05, 4.69) is 9.97 Å². The Labute approximate surface area is 163 Å². The number of methoxy groups -OCH3 is 1. The minimum atomic E-state index is 0.0801. The molecule has 27 heavy (non-hydrogen) atoms. The monoisotopic (exact) mass is 379 g/mol. The first-order valence-corrected chi connectivity index (χ1v) is 9.55. The molecular weight excluding hydrogens is 358 g/mol. The fraction of sp³-hybridized carbons (Fsp3) is 0.190. The molecule has 138 valence electrons. The van der Waals surface area contributed by atoms with Gasteiger partial charge in [0.2, 0.25) is 5.91 Å². The van der Waals surface area contributed by atoms with Gasteiger partial charge in [0.25, 0.3) is 0 Å². The molecule has 1 aromatic carbocycles. The van der Waals surface area contributed by atoms with Gasteiger partial charge >= 0.3 is 0 Å². The summed E-state index contributed by atoms with van der Waals surface area (Å²) in [5, 5.41) is 0. The molecule has 0 N–H and O–H groups in total. The molecule has 3 aromatic rings. The number of pyridine rings is 2. The van der Waals surface area contributed by atoms with Crippen molar-refractivity contribution in [3.8, 4) is 5.75 Å². The third-order valence-corrected chi connectivity index (χ3v) is 4.99. The zero-order valence-corrected chi connectivity index (χ0v) is 15.9. The molecule has 0 aliphatic heterocycles. The lowest BCUT2D eigenvalue weighted by molar-refractivity contribution is -0.129. The van der Waals surface area contributed by atoms with Gasteiger partial charge in [0.15, 0.2) is 0 Å². The molecule has 5 nitrogen and oxygen atoms in total. The lowest BCUT2D eigenvalue weighted by Gasteiger charge is -2.23. The molecule has 6 heteroatoms. The molecule has 0 bridgehead atoms. The number of amides is 1. The molecule has 0 fully saturated rings. The van der Waals surface area contributed by atoms with Crippen LogP contribution in [0.15, 0.2) is 78.2 Å². The van der Waals surface area contributed by atoms with Crippen LogP contribution in [0.4, 0.5) is 0 Å². The summed E-state index contributed by atoms with van der Waals surface area (Å²) in [5.41, 5.74) is 2.06. The van der Waals surface area contributed by atoms with Crippen molar-refractivity contribution >= 4 is 17.7 Å². The maximum atomic E-state index is 12.9. The smallest absolute Gasteiger partial charge is 0.233 e. The number of thioether (sulfide) groups is 1. The van der Waals surface area contributed by atoms with Crippen molar-refractivity contribution < 1.29 is 9.53 Å². The maximum absolute atomic E-state index is 12.9. The fourth-order valence-electron chi connectivity index (χ4n) is 2.56. The van der Waals surface area contributed by atoms with E-state index in [0.29, 0.717) is 18.8 Å². The van der Waals surface area contributed by atoms with Crippen LogP contribution in [0, 0.1) is 0 Å². The fourth-order valence-corrected chi connectivity index (χ4v) is 3.36. The van der Waals surface area contributed by atoms with Crippen LogP contribution in [0.5, 0.6) is 5.75 Å². The number of carbonyl (C=O) groups excluding carboxylic acids is 1. The van der Waals surface area contributed by atoms with E-state index in [0.717, 1.165) is 21.8 Å². The summed E-state index contributed by atoms with van der Waals surface area (Å²) in [6, 6.07) is 15.5. The molecule has 0 aliphatic carbocycles. The summed E-state index contributed by atoms with van der Waals surface area (Å²) in [5.74, 6) is 1.26. The number of benzene rings is 1. The zero-order valence-electron chi connectivity index (χ0n) is 15.1. The Bertz CT molecular complexity index is 801. The molecule has 2 aromatic heterocycles. The second kappa shape index (κ2) is 9.73. The van der Waals surface area contributed by atoms with Crippen molar-refractivity contribution in [2.24, 2.45) is 0 Å². The van der Waals surface area contributed by atoms with Gasteiger partial charge in [-0.3, -0.25) is 14.8 Å². The number of aromatic nitrogens is 2. The molecule has 0 saturated carbocycles. The number of carbonyl (C=O) groups is 1. The second-order valence-corrected chi connectivity index (χ2v) is 6.98. The lowest BCUT2D eigenvalue weighted by atomic mass is 10.2. The predicted molar refractivity (Wildman–Crippen MR) is 106 cm³/mol. The molecule has 0 spiro atoms. The average Bonchev–Trinajstić information content (AvgIpc) is 2.73. The number of nitrogens with zero attached hydrogens (tertiary/aromatic N) is 3. The summed E-state index contributed by atoms with van der Waals surface area (Å²) in [6.45, 7) is 1.07. The van der Waals surface area contributed by atoms with E-state index in [4.69, 9.17) is 4.74 Å². The minimum absolute atomic E-state index is 0.0801. The number of rotatable bonds is 8. The highest BCUT2D eigenvalue weighted by molar-refractivity contribution is 8.00. The number of ether oxygens (including phenoxy) is 1. The summed E-state index contributed by atoms with van der Waals surface area (Å²) in [4.78, 5) is 24.0. The zero-order chi connectivity index (χ0) is 18.9. The first kappa shape index (κ1) is 18.9. The molecule has 0 unspecified atom stereocenters. The molecule has 2 heterocycles. The summed E-state index contributed by atoms with van der Waals surface area (Å²) in [6.07, 6.45) is 7.02. The Balaban J connectivity index is 1.67. The third-order valence-electron chi connectivity index (χ3n) is 3.99. The van der Waals surface area contributed by atoms with Crippen LogP contribution in [0.3, 0.4) is 0 Å². The summed E-state index contributed by atoms with van der Waals surface area (Å²) in [7, 11) is 1.64. The van der Waals surface area contributed by atoms with E-state index >= 15 is 0 Å². The van der Waals surface area contributed by atoms with Crippen LogP contribution < -0.4 is 4.74 Å². The van der Waals surface area contributed by atoms with Crippen LogP contribution in [0.2, 0.25) is 0 Å². The lowest BCUT2D eigenvalue weighted by Crippen LogP contribution is -2.31. The Kier molecular flexibility index (Phi) is 6.82. The van der Waals surface area contributed by atoms with Gasteiger partial charge in [-0.05, 0) is 53.6 Å². The van der Waals surface area contributed by atoms with Gasteiger partial charge in [-0.1, -0.05) is 6.07 Å². The largest absolute Gasteiger partial charge is 0.497 e. The van der Waals surface area contributed by atoms with Gasteiger partial charge in [0.05, 0.1) is 12.9 Å². The van der Waals surface area contributed by atoms with E-state index in [1.807, 2.05) is 53.4 Å². The Hall–Kier alpha value is -2.86. The maximum Gasteiger partial charge on any atom is 0.233 e. The third kappa shape index (κ3) is 5.82. The van der Waals surface area contributed by atoms with Crippen LogP contribution in [-0.2, 0) is 17.9 Å². The quantitative estimate of drug-likeness (QED) is 0.557. The van der Waals surface area contributed by atoms with E-state index in [1.165, 1.54) is 11.8 Å². The molecule has 0 atom stereocenters. The minimum Gasteiger partial charge on any atom is -0.497 e. The first-order chi connectivity index (χ1) is 13.2. The van der Waals surface area contributed by atoms with Gasteiger partial charge in [-0.15, -0.1) is 11.8 Å². The van der Waals surface area contributed by atoms with Gasteiger partial charge in [0, 0.05) is 42.8 Å². The Morgan fingerprint density at radius 3 is 2.37 bits per heavy atom. The molecule has 0 aliphatic rings. The van der Waals surface area contributed by atoms with Crippen LogP contribution >= 0.6 is 11.8 Å². The van der Waals surface area contributed by atoms with Gasteiger partial charge in [-0.2, -0.15) is 0 Å².